The maximum absolute atomic E-state index is 13.1. The lowest BCUT2D eigenvalue weighted by molar-refractivity contribution is -0.137. The van der Waals surface area contributed by atoms with E-state index in [0.717, 1.165) is 33.0 Å². The average molecular weight is 587 g/mol. The predicted octanol–water partition coefficient (Wildman–Crippen LogP) is 9.11. The topological polar surface area (TPSA) is 78.1 Å². The Bertz CT molecular complexity index is 1320. The first kappa shape index (κ1) is 30.8. The van der Waals surface area contributed by atoms with Gasteiger partial charge in [-0.05, 0) is 129 Å². The standard InChI is InChI=1S/C15H14F3N.C8H10BrN.C8H11N/c1-9-7-11(19)8-10(2)14(9)12-5-3-4-6-13(12)15(16,17)18;1-5-3-7(10)4-6(2)8(5)9;1-6-3-7(2)5-8(9)4-6/h3-8H,19H2,1-2H3;3-4H,10H2,1-2H3;3-5H,9H2,1-2H3. The Kier molecular flexibility index (Phi) is 10.4. The zero-order valence-electron chi connectivity index (χ0n) is 22.6. The SMILES string of the molecule is Cc1cc(C)cc(N)c1.Cc1cc(N)cc(C)c1-c1ccccc1C(F)(F)F.Cc1cc(N)cc(C)c1Br. The molecule has 0 fully saturated rings. The number of anilines is 3. The van der Waals surface area contributed by atoms with E-state index in [1.807, 2.05) is 52.0 Å². The molecule has 3 nitrogen and oxygen atoms in total. The van der Waals surface area contributed by atoms with Gasteiger partial charge >= 0.3 is 6.18 Å². The minimum absolute atomic E-state index is 0.199. The summed E-state index contributed by atoms with van der Waals surface area (Å²) in [5.74, 6) is 0. The van der Waals surface area contributed by atoms with Gasteiger partial charge in [0.25, 0.3) is 0 Å². The first-order chi connectivity index (χ1) is 17.6. The van der Waals surface area contributed by atoms with E-state index in [-0.39, 0.29) is 5.56 Å². The quantitative estimate of drug-likeness (QED) is 0.195. The van der Waals surface area contributed by atoms with E-state index < -0.39 is 11.7 Å². The van der Waals surface area contributed by atoms with Crippen molar-refractivity contribution in [1.29, 1.82) is 0 Å². The molecule has 0 saturated heterocycles. The van der Waals surface area contributed by atoms with Crippen LogP contribution in [0.15, 0.2) is 71.2 Å². The summed E-state index contributed by atoms with van der Waals surface area (Å²) in [4.78, 5) is 0. The number of nitrogens with two attached hydrogens (primary N) is 3. The molecule has 38 heavy (non-hydrogen) atoms. The van der Waals surface area contributed by atoms with Crippen LogP contribution in [0.25, 0.3) is 11.1 Å². The molecule has 0 spiro atoms. The number of alkyl halides is 3. The second kappa shape index (κ2) is 12.9. The zero-order chi connectivity index (χ0) is 28.8. The molecule has 0 aliphatic carbocycles. The monoisotopic (exact) mass is 585 g/mol. The third kappa shape index (κ3) is 8.55. The highest BCUT2D eigenvalue weighted by atomic mass is 79.9. The highest BCUT2D eigenvalue weighted by Crippen LogP contribution is 2.39. The molecule has 0 saturated carbocycles. The Balaban J connectivity index is 0.000000224. The molecule has 0 heterocycles. The zero-order valence-corrected chi connectivity index (χ0v) is 24.2. The average Bonchev–Trinajstić information content (AvgIpc) is 2.76. The summed E-state index contributed by atoms with van der Waals surface area (Å²) in [6.45, 7) is 11.7. The number of rotatable bonds is 1. The molecule has 0 radical (unpaired) electrons. The van der Waals surface area contributed by atoms with Crippen LogP contribution >= 0.6 is 15.9 Å². The second-order valence-electron chi connectivity index (χ2n) is 9.46. The van der Waals surface area contributed by atoms with Crippen molar-refractivity contribution >= 4 is 33.0 Å². The third-order valence-corrected chi connectivity index (χ3v) is 7.01. The molecule has 0 unspecified atom stereocenters. The Morgan fingerprint density at radius 1 is 0.579 bits per heavy atom. The van der Waals surface area contributed by atoms with Crippen molar-refractivity contribution in [3.63, 3.8) is 0 Å². The molecular formula is C31H35BrF3N3. The summed E-state index contributed by atoms with van der Waals surface area (Å²) in [6.07, 6.45) is -4.36. The van der Waals surface area contributed by atoms with Gasteiger partial charge in [-0.2, -0.15) is 13.2 Å². The van der Waals surface area contributed by atoms with E-state index in [4.69, 9.17) is 17.2 Å². The molecule has 0 bridgehead atoms. The molecule has 4 rings (SSSR count). The van der Waals surface area contributed by atoms with E-state index in [1.165, 1.54) is 34.4 Å². The summed E-state index contributed by atoms with van der Waals surface area (Å²) in [7, 11) is 0. The molecule has 0 aliphatic rings. The second-order valence-corrected chi connectivity index (χ2v) is 10.3. The van der Waals surface area contributed by atoms with Crippen LogP contribution in [0, 0.1) is 41.5 Å². The molecule has 0 aliphatic heterocycles. The van der Waals surface area contributed by atoms with Crippen molar-refractivity contribution in [2.75, 3.05) is 17.2 Å². The Morgan fingerprint density at radius 3 is 1.39 bits per heavy atom. The van der Waals surface area contributed by atoms with E-state index >= 15 is 0 Å². The number of nitrogen functional groups attached to an aromatic ring is 3. The summed E-state index contributed by atoms with van der Waals surface area (Å²) in [5.41, 5.74) is 25.6. The van der Waals surface area contributed by atoms with Crippen LogP contribution in [-0.2, 0) is 6.18 Å². The van der Waals surface area contributed by atoms with Crippen LogP contribution in [0.4, 0.5) is 30.2 Å². The lowest BCUT2D eigenvalue weighted by atomic mass is 9.91. The minimum atomic E-state index is -4.36. The number of halogens is 4. The van der Waals surface area contributed by atoms with Crippen molar-refractivity contribution in [3.8, 4) is 11.1 Å². The highest BCUT2D eigenvalue weighted by Gasteiger charge is 2.33. The number of aryl methyl sites for hydroxylation is 6. The maximum atomic E-state index is 13.1. The fraction of sp³-hybridized carbons (Fsp3) is 0.226. The summed E-state index contributed by atoms with van der Waals surface area (Å²) < 4.78 is 40.3. The van der Waals surface area contributed by atoms with Crippen molar-refractivity contribution in [2.45, 2.75) is 47.7 Å². The van der Waals surface area contributed by atoms with Crippen molar-refractivity contribution < 1.29 is 13.2 Å². The van der Waals surface area contributed by atoms with Crippen molar-refractivity contribution in [2.24, 2.45) is 0 Å². The van der Waals surface area contributed by atoms with Crippen LogP contribution in [-0.4, -0.2) is 0 Å². The maximum Gasteiger partial charge on any atom is 0.417 e. The van der Waals surface area contributed by atoms with Gasteiger partial charge in [0, 0.05) is 21.5 Å². The van der Waals surface area contributed by atoms with E-state index in [1.54, 1.807) is 32.0 Å². The fourth-order valence-corrected chi connectivity index (χ4v) is 4.59. The van der Waals surface area contributed by atoms with Crippen LogP contribution in [0.3, 0.4) is 0 Å². The van der Waals surface area contributed by atoms with Crippen LogP contribution in [0.2, 0.25) is 0 Å². The Hall–Kier alpha value is -3.45. The number of hydrogen-bond donors (Lipinski definition) is 3. The number of benzene rings is 4. The van der Waals surface area contributed by atoms with E-state index in [0.29, 0.717) is 11.3 Å². The van der Waals surface area contributed by atoms with Crippen LogP contribution in [0.1, 0.15) is 38.9 Å². The van der Waals surface area contributed by atoms with Crippen LogP contribution < -0.4 is 17.2 Å². The van der Waals surface area contributed by atoms with Gasteiger partial charge in [0.2, 0.25) is 0 Å². The first-order valence-corrected chi connectivity index (χ1v) is 12.8. The molecule has 0 aromatic heterocycles. The van der Waals surface area contributed by atoms with Gasteiger partial charge in [-0.3, -0.25) is 0 Å². The van der Waals surface area contributed by atoms with Gasteiger partial charge in [-0.15, -0.1) is 0 Å². The normalized spacial score (nSPS) is 10.7. The molecule has 4 aromatic rings. The third-order valence-electron chi connectivity index (χ3n) is 5.76. The van der Waals surface area contributed by atoms with Gasteiger partial charge in [0.15, 0.2) is 0 Å². The molecule has 6 N–H and O–H groups in total. The molecule has 0 amide bonds. The molecule has 0 atom stereocenters. The summed E-state index contributed by atoms with van der Waals surface area (Å²) in [5, 5.41) is 0. The van der Waals surface area contributed by atoms with Crippen LogP contribution in [0.5, 0.6) is 0 Å². The molecule has 7 heteroatoms. The summed E-state index contributed by atoms with van der Waals surface area (Å²) in [6, 6.07) is 18.9. The minimum Gasteiger partial charge on any atom is -0.399 e. The highest BCUT2D eigenvalue weighted by molar-refractivity contribution is 9.10. The molecule has 4 aromatic carbocycles. The lowest BCUT2D eigenvalue weighted by Crippen LogP contribution is -2.08. The Labute approximate surface area is 232 Å². The molecule has 202 valence electrons. The first-order valence-electron chi connectivity index (χ1n) is 12.0. The van der Waals surface area contributed by atoms with Crippen molar-refractivity contribution in [1.82, 2.24) is 0 Å². The molecular weight excluding hydrogens is 551 g/mol. The van der Waals surface area contributed by atoms with Gasteiger partial charge in [-0.25, -0.2) is 0 Å². The van der Waals surface area contributed by atoms with Gasteiger partial charge in [0.05, 0.1) is 5.56 Å². The lowest BCUT2D eigenvalue weighted by Gasteiger charge is -2.17. The van der Waals surface area contributed by atoms with Crippen molar-refractivity contribution in [3.05, 3.63) is 110 Å². The smallest absolute Gasteiger partial charge is 0.399 e. The Morgan fingerprint density at radius 2 is 0.974 bits per heavy atom. The van der Waals surface area contributed by atoms with Gasteiger partial charge < -0.3 is 17.2 Å². The van der Waals surface area contributed by atoms with Gasteiger partial charge in [-0.1, -0.05) is 40.2 Å². The van der Waals surface area contributed by atoms with E-state index in [9.17, 15) is 13.2 Å². The fourth-order valence-electron chi connectivity index (χ4n) is 4.36. The predicted molar refractivity (Wildman–Crippen MR) is 159 cm³/mol. The number of hydrogen-bond acceptors (Lipinski definition) is 3. The van der Waals surface area contributed by atoms with E-state index in [2.05, 4.69) is 22.0 Å². The summed E-state index contributed by atoms with van der Waals surface area (Å²) >= 11 is 3.46. The largest absolute Gasteiger partial charge is 0.417 e. The van der Waals surface area contributed by atoms with Gasteiger partial charge in [0.1, 0.15) is 0 Å².